The minimum absolute atomic E-state index is 0.0183. The van der Waals surface area contributed by atoms with E-state index >= 15 is 0 Å². The number of aromatic nitrogens is 3. The van der Waals surface area contributed by atoms with Gasteiger partial charge in [-0.3, -0.25) is 14.5 Å². The van der Waals surface area contributed by atoms with Crippen LogP contribution in [0, 0.1) is 12.8 Å². The van der Waals surface area contributed by atoms with Crippen molar-refractivity contribution in [1.29, 1.82) is 0 Å². The van der Waals surface area contributed by atoms with E-state index in [4.69, 9.17) is 11.6 Å². The summed E-state index contributed by atoms with van der Waals surface area (Å²) in [6.07, 6.45) is 11.0. The standard InChI is InChI=1S/C23H25ClN6O/c1-15-3-4-17(11-25-15)29-8-5-16(6-9-29)23(31)30-10-7-18-20(14-30)19-12-27-28(2)22(19)26-13-21(18)24/h3-4,7,10-13,16,26H,5-6,8-9,14H2,1-2H3. The minimum atomic E-state index is 0.0183. The van der Waals surface area contributed by atoms with Crippen molar-refractivity contribution >= 4 is 34.6 Å². The summed E-state index contributed by atoms with van der Waals surface area (Å²) in [5, 5.41) is 8.23. The predicted octanol–water partition coefficient (Wildman–Crippen LogP) is 3.66. The number of carbonyl (C=O) groups is 1. The van der Waals surface area contributed by atoms with Crippen LogP contribution in [-0.4, -0.2) is 45.2 Å². The molecule has 3 aliphatic heterocycles. The third kappa shape index (κ3) is 3.63. The van der Waals surface area contributed by atoms with Gasteiger partial charge in [-0.25, -0.2) is 0 Å². The summed E-state index contributed by atoms with van der Waals surface area (Å²) in [5.74, 6) is 1.07. The Morgan fingerprint density at radius 3 is 2.77 bits per heavy atom. The third-order valence-corrected chi connectivity index (χ3v) is 6.63. The van der Waals surface area contributed by atoms with Gasteiger partial charge in [-0.1, -0.05) is 11.6 Å². The average molecular weight is 437 g/mol. The monoisotopic (exact) mass is 436 g/mol. The van der Waals surface area contributed by atoms with E-state index in [2.05, 4.69) is 26.4 Å². The lowest BCUT2D eigenvalue weighted by Gasteiger charge is -2.35. The summed E-state index contributed by atoms with van der Waals surface area (Å²) in [5.41, 5.74) is 5.08. The largest absolute Gasteiger partial charge is 0.370 e. The van der Waals surface area contributed by atoms with Gasteiger partial charge >= 0.3 is 0 Å². The molecule has 0 unspecified atom stereocenters. The van der Waals surface area contributed by atoms with Gasteiger partial charge in [-0.15, -0.1) is 0 Å². The van der Waals surface area contributed by atoms with Gasteiger partial charge < -0.3 is 15.1 Å². The Labute approximate surface area is 186 Å². The third-order valence-electron chi connectivity index (χ3n) is 6.32. The molecule has 1 amide bonds. The van der Waals surface area contributed by atoms with Crippen molar-refractivity contribution in [3.63, 3.8) is 0 Å². The number of nitrogens with one attached hydrogen (secondary N) is 1. The van der Waals surface area contributed by atoms with Crippen molar-refractivity contribution in [1.82, 2.24) is 19.7 Å². The van der Waals surface area contributed by atoms with Crippen molar-refractivity contribution in [3.05, 3.63) is 64.9 Å². The molecule has 0 atom stereocenters. The molecule has 0 saturated carbocycles. The van der Waals surface area contributed by atoms with Crippen LogP contribution in [0.2, 0.25) is 0 Å². The molecule has 0 radical (unpaired) electrons. The molecular formula is C23H25ClN6O. The van der Waals surface area contributed by atoms with Gasteiger partial charge in [0.25, 0.3) is 0 Å². The molecule has 0 aromatic carbocycles. The van der Waals surface area contributed by atoms with Crippen molar-refractivity contribution in [2.75, 3.05) is 29.9 Å². The molecule has 1 N–H and O–H groups in total. The van der Waals surface area contributed by atoms with Gasteiger partial charge in [-0.2, -0.15) is 5.10 Å². The first-order chi connectivity index (χ1) is 15.0. The Bertz CT molecular complexity index is 1110. The first kappa shape index (κ1) is 19.9. The predicted molar refractivity (Wildman–Crippen MR) is 122 cm³/mol. The Balaban J connectivity index is 1.30. The highest BCUT2D eigenvalue weighted by molar-refractivity contribution is 6.33. The SMILES string of the molecule is Cc1ccc(N2CCC(C(=O)N3C=CC4=C(C3)c3cnn(C)c3NC=C4Cl)CC2)cn1. The van der Waals surface area contributed by atoms with Gasteiger partial charge in [0.1, 0.15) is 5.82 Å². The van der Waals surface area contributed by atoms with Crippen LogP contribution in [0.25, 0.3) is 5.57 Å². The molecule has 1 fully saturated rings. The molecule has 7 nitrogen and oxygen atoms in total. The maximum Gasteiger partial charge on any atom is 0.230 e. The summed E-state index contributed by atoms with van der Waals surface area (Å²) in [7, 11) is 1.89. The molecule has 2 aromatic rings. The molecule has 8 heteroatoms. The number of piperidine rings is 1. The second-order valence-corrected chi connectivity index (χ2v) is 8.67. The van der Waals surface area contributed by atoms with Gasteiger partial charge in [0.05, 0.1) is 29.7 Å². The van der Waals surface area contributed by atoms with Crippen molar-refractivity contribution in [3.8, 4) is 0 Å². The highest BCUT2D eigenvalue weighted by Gasteiger charge is 2.32. The summed E-state index contributed by atoms with van der Waals surface area (Å²) in [6.45, 7) is 4.20. The van der Waals surface area contributed by atoms with E-state index in [1.807, 2.05) is 49.6 Å². The minimum Gasteiger partial charge on any atom is -0.370 e. The van der Waals surface area contributed by atoms with Crippen molar-refractivity contribution in [2.45, 2.75) is 19.8 Å². The summed E-state index contributed by atoms with van der Waals surface area (Å²) >= 11 is 6.50. The number of rotatable bonds is 2. The van der Waals surface area contributed by atoms with E-state index in [-0.39, 0.29) is 11.8 Å². The lowest BCUT2D eigenvalue weighted by atomic mass is 9.93. The fourth-order valence-electron chi connectivity index (χ4n) is 4.48. The molecule has 1 saturated heterocycles. The van der Waals surface area contributed by atoms with Crippen LogP contribution in [0.1, 0.15) is 24.1 Å². The van der Waals surface area contributed by atoms with E-state index < -0.39 is 0 Å². The quantitative estimate of drug-likeness (QED) is 0.778. The van der Waals surface area contributed by atoms with E-state index in [0.717, 1.165) is 59.8 Å². The summed E-state index contributed by atoms with van der Waals surface area (Å²) in [6, 6.07) is 4.14. The molecule has 5 heterocycles. The topological polar surface area (TPSA) is 66.3 Å². The maximum absolute atomic E-state index is 13.3. The van der Waals surface area contributed by atoms with E-state index in [1.165, 1.54) is 0 Å². The average Bonchev–Trinajstić information content (AvgIpc) is 3.10. The smallest absolute Gasteiger partial charge is 0.230 e. The van der Waals surface area contributed by atoms with Crippen LogP contribution in [0.5, 0.6) is 0 Å². The lowest BCUT2D eigenvalue weighted by molar-refractivity contribution is -0.133. The van der Waals surface area contributed by atoms with Gasteiger partial charge in [0.15, 0.2) is 0 Å². The zero-order chi connectivity index (χ0) is 21.5. The molecular weight excluding hydrogens is 412 g/mol. The number of fused-ring (bicyclic) bond motifs is 2. The van der Waals surface area contributed by atoms with Gasteiger partial charge in [0.2, 0.25) is 5.91 Å². The zero-order valence-electron chi connectivity index (χ0n) is 17.7. The highest BCUT2D eigenvalue weighted by atomic mass is 35.5. The van der Waals surface area contributed by atoms with Crippen LogP contribution in [-0.2, 0) is 11.8 Å². The molecule has 31 heavy (non-hydrogen) atoms. The number of amides is 1. The molecule has 0 aliphatic carbocycles. The van der Waals surface area contributed by atoms with E-state index in [9.17, 15) is 4.79 Å². The fraction of sp³-hybridized carbons (Fsp3) is 0.348. The molecule has 5 rings (SSSR count). The number of anilines is 2. The fourth-order valence-corrected chi connectivity index (χ4v) is 4.72. The maximum atomic E-state index is 13.3. The first-order valence-corrected chi connectivity index (χ1v) is 10.9. The van der Waals surface area contributed by atoms with E-state index in [0.29, 0.717) is 11.6 Å². The zero-order valence-corrected chi connectivity index (χ0v) is 18.4. The molecule has 0 spiro atoms. The van der Waals surface area contributed by atoms with Crippen LogP contribution in [0.3, 0.4) is 0 Å². The summed E-state index contributed by atoms with van der Waals surface area (Å²) in [4.78, 5) is 21.9. The highest BCUT2D eigenvalue weighted by Crippen LogP contribution is 2.37. The molecule has 2 aromatic heterocycles. The molecule has 0 bridgehead atoms. The van der Waals surface area contributed by atoms with Crippen molar-refractivity contribution in [2.24, 2.45) is 13.0 Å². The normalized spacial score (nSPS) is 18.9. The van der Waals surface area contributed by atoms with Gasteiger partial charge in [0, 0.05) is 55.3 Å². The Morgan fingerprint density at radius 1 is 1.23 bits per heavy atom. The molecule has 3 aliphatic rings. The number of halogens is 1. The number of carbonyl (C=O) groups excluding carboxylic acids is 1. The van der Waals surface area contributed by atoms with Crippen LogP contribution in [0.4, 0.5) is 11.5 Å². The number of hydrogen-bond acceptors (Lipinski definition) is 5. The summed E-state index contributed by atoms with van der Waals surface area (Å²) < 4.78 is 1.78. The van der Waals surface area contributed by atoms with Crippen molar-refractivity contribution < 1.29 is 4.79 Å². The Morgan fingerprint density at radius 2 is 2.03 bits per heavy atom. The number of hydrogen-bond donors (Lipinski definition) is 1. The second-order valence-electron chi connectivity index (χ2n) is 8.26. The van der Waals surface area contributed by atoms with Gasteiger partial charge in [-0.05, 0) is 43.5 Å². The Hall–Kier alpha value is -3.06. The molecule has 160 valence electrons. The number of aryl methyl sites for hydroxylation is 2. The number of allylic oxidation sites excluding steroid dienone is 3. The second kappa shape index (κ2) is 7.89. The first-order valence-electron chi connectivity index (χ1n) is 10.6. The number of nitrogens with zero attached hydrogens (tertiary/aromatic N) is 5. The van der Waals surface area contributed by atoms with Crippen LogP contribution < -0.4 is 10.2 Å². The lowest BCUT2D eigenvalue weighted by Crippen LogP contribution is -2.42. The number of pyridine rings is 1. The van der Waals surface area contributed by atoms with E-state index in [1.54, 1.807) is 10.9 Å². The Kier molecular flexibility index (Phi) is 5.06. The van der Waals surface area contributed by atoms with Crippen LogP contribution in [0.15, 0.2) is 53.6 Å². The van der Waals surface area contributed by atoms with Crippen LogP contribution >= 0.6 is 11.6 Å².